The molecule has 1 atom stereocenters. The van der Waals surface area contributed by atoms with Gasteiger partial charge in [-0.3, -0.25) is 0 Å². The highest BCUT2D eigenvalue weighted by Crippen LogP contribution is 2.23. The minimum absolute atomic E-state index is 0.467. The highest BCUT2D eigenvalue weighted by Gasteiger charge is 2.24. The molecular weight excluding hydrogens is 222 g/mol. The van der Waals surface area contributed by atoms with Crippen LogP contribution >= 0.6 is 11.5 Å². The van der Waals surface area contributed by atoms with Crippen LogP contribution in [0.2, 0.25) is 0 Å². The Labute approximate surface area is 101 Å². The minimum Gasteiger partial charge on any atom is -0.448 e. The van der Waals surface area contributed by atoms with E-state index in [1.807, 2.05) is 13.8 Å². The van der Waals surface area contributed by atoms with Gasteiger partial charge in [0.05, 0.1) is 0 Å². The van der Waals surface area contributed by atoms with E-state index in [1.165, 1.54) is 12.8 Å². The molecule has 0 aromatic carbocycles. The summed E-state index contributed by atoms with van der Waals surface area (Å²) in [6.07, 6.45) is 4.39. The summed E-state index contributed by atoms with van der Waals surface area (Å²) in [6, 6.07) is 0. The van der Waals surface area contributed by atoms with E-state index in [-0.39, 0.29) is 0 Å². The molecular formula is C11H17N3OS. The van der Waals surface area contributed by atoms with Crippen LogP contribution in [-0.4, -0.2) is 20.4 Å². The molecule has 16 heavy (non-hydrogen) atoms. The monoisotopic (exact) mass is 239 g/mol. The molecule has 1 aromatic heterocycles. The van der Waals surface area contributed by atoms with Crippen LogP contribution in [0.1, 0.15) is 46.5 Å². The van der Waals surface area contributed by atoms with Crippen molar-refractivity contribution in [3.8, 4) is 17.0 Å². The highest BCUT2D eigenvalue weighted by atomic mass is 32.1. The number of ether oxygens (including phenoxy) is 1. The average molecular weight is 239 g/mol. The predicted molar refractivity (Wildman–Crippen MR) is 64.3 cm³/mol. The molecule has 0 saturated heterocycles. The third kappa shape index (κ3) is 4.15. The van der Waals surface area contributed by atoms with Crippen molar-refractivity contribution in [3.05, 3.63) is 0 Å². The highest BCUT2D eigenvalue weighted by molar-refractivity contribution is 7.07. The molecule has 0 spiro atoms. The number of rotatable bonds is 6. The standard InChI is InChI=1S/C11H17N3OS/c1-4-6-7-9-11(3,8-5-2)15-10-12-13-14-16-10/h4,6-7,9H2,1-3H3. The Kier molecular flexibility index (Phi) is 5.20. The maximum Gasteiger partial charge on any atom is 0.315 e. The third-order valence-corrected chi connectivity index (χ3v) is 2.72. The van der Waals surface area contributed by atoms with Gasteiger partial charge in [-0.05, 0) is 31.9 Å². The van der Waals surface area contributed by atoms with Crippen molar-refractivity contribution < 1.29 is 4.74 Å². The summed E-state index contributed by atoms with van der Waals surface area (Å²) in [4.78, 5) is 0. The first kappa shape index (κ1) is 12.9. The molecule has 88 valence electrons. The van der Waals surface area contributed by atoms with Crippen LogP contribution in [0.3, 0.4) is 0 Å². The molecule has 5 heteroatoms. The fourth-order valence-electron chi connectivity index (χ4n) is 1.47. The number of aromatic nitrogens is 3. The lowest BCUT2D eigenvalue weighted by molar-refractivity contribution is 0.135. The Bertz CT molecular complexity index is 355. The van der Waals surface area contributed by atoms with Gasteiger partial charge in [0, 0.05) is 11.5 Å². The molecule has 0 N–H and O–H groups in total. The molecule has 1 rings (SSSR count). The zero-order valence-electron chi connectivity index (χ0n) is 9.99. The maximum absolute atomic E-state index is 5.74. The SMILES string of the molecule is CC#CC(C)(CCCCC)Oc1nnns1. The molecule has 4 nitrogen and oxygen atoms in total. The van der Waals surface area contributed by atoms with E-state index in [4.69, 9.17) is 4.74 Å². The summed E-state index contributed by atoms with van der Waals surface area (Å²) in [5.74, 6) is 6.00. The summed E-state index contributed by atoms with van der Waals surface area (Å²) in [6.45, 7) is 5.98. The molecule has 0 aliphatic heterocycles. The first-order valence-corrected chi connectivity index (χ1v) is 6.25. The van der Waals surface area contributed by atoms with Crippen molar-refractivity contribution in [2.24, 2.45) is 0 Å². The molecule has 0 aliphatic rings. The van der Waals surface area contributed by atoms with Crippen LogP contribution < -0.4 is 4.74 Å². The number of unbranched alkanes of at least 4 members (excludes halogenated alkanes) is 2. The van der Waals surface area contributed by atoms with Gasteiger partial charge in [0.25, 0.3) is 0 Å². The first-order valence-electron chi connectivity index (χ1n) is 5.48. The van der Waals surface area contributed by atoms with Crippen molar-refractivity contribution in [2.45, 2.75) is 52.1 Å². The van der Waals surface area contributed by atoms with Crippen LogP contribution in [-0.2, 0) is 0 Å². The Morgan fingerprint density at radius 1 is 1.44 bits per heavy atom. The van der Waals surface area contributed by atoms with Crippen LogP contribution in [0.5, 0.6) is 5.19 Å². The Balaban J connectivity index is 2.59. The van der Waals surface area contributed by atoms with E-state index >= 15 is 0 Å². The summed E-state index contributed by atoms with van der Waals surface area (Å²) >= 11 is 1.15. The van der Waals surface area contributed by atoms with Gasteiger partial charge in [-0.1, -0.05) is 35.3 Å². The van der Waals surface area contributed by atoms with E-state index in [1.54, 1.807) is 0 Å². The number of hydrogen-bond donors (Lipinski definition) is 0. The Hall–Kier alpha value is -1.15. The molecule has 0 bridgehead atoms. The fourth-order valence-corrected chi connectivity index (χ4v) is 1.91. The molecule has 0 radical (unpaired) electrons. The minimum atomic E-state index is -0.467. The van der Waals surface area contributed by atoms with Gasteiger partial charge < -0.3 is 4.74 Å². The second kappa shape index (κ2) is 6.44. The Morgan fingerprint density at radius 3 is 2.81 bits per heavy atom. The van der Waals surface area contributed by atoms with Gasteiger partial charge in [0.1, 0.15) is 0 Å². The summed E-state index contributed by atoms with van der Waals surface area (Å²) < 4.78 is 9.41. The van der Waals surface area contributed by atoms with Gasteiger partial charge in [-0.2, -0.15) is 0 Å². The summed E-state index contributed by atoms with van der Waals surface area (Å²) in [5, 5.41) is 7.78. The molecule has 1 heterocycles. The van der Waals surface area contributed by atoms with Crippen LogP contribution in [0.4, 0.5) is 0 Å². The van der Waals surface area contributed by atoms with E-state index in [0.717, 1.165) is 24.4 Å². The van der Waals surface area contributed by atoms with E-state index < -0.39 is 5.60 Å². The van der Waals surface area contributed by atoms with E-state index in [2.05, 4.69) is 33.6 Å². The lowest BCUT2D eigenvalue weighted by Crippen LogP contribution is -2.30. The quantitative estimate of drug-likeness (QED) is 0.565. The molecule has 1 aromatic rings. The van der Waals surface area contributed by atoms with Crippen molar-refractivity contribution >= 4 is 11.5 Å². The number of nitrogens with zero attached hydrogens (tertiary/aromatic N) is 3. The average Bonchev–Trinajstić information content (AvgIpc) is 2.71. The number of hydrogen-bond acceptors (Lipinski definition) is 5. The van der Waals surface area contributed by atoms with Crippen molar-refractivity contribution in [1.29, 1.82) is 0 Å². The molecule has 0 fully saturated rings. The molecule has 0 aliphatic carbocycles. The van der Waals surface area contributed by atoms with Gasteiger partial charge in [0.2, 0.25) is 0 Å². The summed E-state index contributed by atoms with van der Waals surface area (Å²) in [5.41, 5.74) is -0.467. The van der Waals surface area contributed by atoms with Gasteiger partial charge in [-0.15, -0.1) is 5.92 Å². The second-order valence-electron chi connectivity index (χ2n) is 3.79. The van der Waals surface area contributed by atoms with Gasteiger partial charge in [0.15, 0.2) is 5.60 Å². The smallest absolute Gasteiger partial charge is 0.315 e. The zero-order valence-corrected chi connectivity index (χ0v) is 10.8. The second-order valence-corrected chi connectivity index (χ2v) is 4.49. The van der Waals surface area contributed by atoms with Gasteiger partial charge >= 0.3 is 5.19 Å². The van der Waals surface area contributed by atoms with Crippen LogP contribution in [0.15, 0.2) is 0 Å². The van der Waals surface area contributed by atoms with Crippen molar-refractivity contribution in [3.63, 3.8) is 0 Å². The molecule has 0 saturated carbocycles. The summed E-state index contributed by atoms with van der Waals surface area (Å²) in [7, 11) is 0. The zero-order chi connectivity index (χ0) is 11.9. The van der Waals surface area contributed by atoms with Crippen molar-refractivity contribution in [2.75, 3.05) is 0 Å². The lowest BCUT2D eigenvalue weighted by atomic mass is 9.99. The normalized spacial score (nSPS) is 13.7. The van der Waals surface area contributed by atoms with Crippen LogP contribution in [0, 0.1) is 11.8 Å². The molecule has 0 amide bonds. The Morgan fingerprint density at radius 2 is 2.25 bits per heavy atom. The fraction of sp³-hybridized carbons (Fsp3) is 0.727. The predicted octanol–water partition coefficient (Wildman–Crippen LogP) is 2.67. The largest absolute Gasteiger partial charge is 0.448 e. The van der Waals surface area contributed by atoms with Crippen LogP contribution in [0.25, 0.3) is 0 Å². The van der Waals surface area contributed by atoms with E-state index in [0.29, 0.717) is 5.19 Å². The topological polar surface area (TPSA) is 47.9 Å². The molecule has 1 unspecified atom stereocenters. The van der Waals surface area contributed by atoms with Crippen molar-refractivity contribution in [1.82, 2.24) is 14.8 Å². The van der Waals surface area contributed by atoms with Gasteiger partial charge in [-0.25, -0.2) is 0 Å². The third-order valence-electron chi connectivity index (χ3n) is 2.24. The maximum atomic E-state index is 5.74. The first-order chi connectivity index (χ1) is 7.70. The lowest BCUT2D eigenvalue weighted by Gasteiger charge is -2.23. The van der Waals surface area contributed by atoms with E-state index in [9.17, 15) is 0 Å².